The van der Waals surface area contributed by atoms with Gasteiger partial charge in [-0.3, -0.25) is 9.69 Å². The number of halogens is 3. The van der Waals surface area contributed by atoms with Gasteiger partial charge in [-0.1, -0.05) is 65.1 Å². The van der Waals surface area contributed by atoms with Crippen molar-refractivity contribution in [1.82, 2.24) is 9.80 Å². The highest BCUT2D eigenvalue weighted by molar-refractivity contribution is 6.45. The molecule has 25 heavy (non-hydrogen) atoms. The maximum atomic E-state index is 12.8. The molecule has 132 valence electrons. The van der Waals surface area contributed by atoms with Crippen LogP contribution in [0.2, 0.25) is 15.1 Å². The summed E-state index contributed by atoms with van der Waals surface area (Å²) in [4.78, 5) is 16.7. The summed E-state index contributed by atoms with van der Waals surface area (Å²) in [7, 11) is 0. The van der Waals surface area contributed by atoms with Crippen LogP contribution in [0.3, 0.4) is 0 Å². The van der Waals surface area contributed by atoms with E-state index in [1.54, 1.807) is 4.90 Å². The minimum absolute atomic E-state index is 0.0143. The van der Waals surface area contributed by atoms with E-state index in [9.17, 15) is 9.90 Å². The van der Waals surface area contributed by atoms with Crippen molar-refractivity contribution in [2.24, 2.45) is 0 Å². The molecule has 1 fully saturated rings. The van der Waals surface area contributed by atoms with Gasteiger partial charge in [-0.05, 0) is 11.6 Å². The van der Waals surface area contributed by atoms with Crippen LogP contribution in [-0.4, -0.2) is 47.0 Å². The molecule has 1 N–H and O–H groups in total. The molecule has 0 saturated carbocycles. The predicted molar refractivity (Wildman–Crippen MR) is 101 cm³/mol. The Morgan fingerprint density at radius 3 is 2.28 bits per heavy atom. The topological polar surface area (TPSA) is 43.8 Å². The lowest BCUT2D eigenvalue weighted by molar-refractivity contribution is 0.0626. The Bertz CT molecular complexity index is 749. The molecule has 1 aliphatic heterocycles. The Kier molecular flexibility index (Phi) is 5.74. The highest BCUT2D eigenvalue weighted by Crippen LogP contribution is 2.39. The van der Waals surface area contributed by atoms with E-state index in [2.05, 4.69) is 17.0 Å². The molecule has 1 saturated heterocycles. The second-order valence-electron chi connectivity index (χ2n) is 5.93. The Hall–Kier alpha value is -1.46. The summed E-state index contributed by atoms with van der Waals surface area (Å²) in [5, 5.41) is 10.3. The number of phenolic OH excluding ortho intramolecular Hbond substituents is 1. The van der Waals surface area contributed by atoms with Crippen molar-refractivity contribution in [3.63, 3.8) is 0 Å². The van der Waals surface area contributed by atoms with Crippen LogP contribution < -0.4 is 0 Å². The maximum absolute atomic E-state index is 12.8. The Labute approximate surface area is 161 Å². The van der Waals surface area contributed by atoms with E-state index in [-0.39, 0.29) is 32.3 Å². The summed E-state index contributed by atoms with van der Waals surface area (Å²) in [6.07, 6.45) is 0. The molecular formula is C18H17Cl3N2O2. The Balaban J connectivity index is 1.68. The predicted octanol–water partition coefficient (Wildman–Crippen LogP) is 4.31. The van der Waals surface area contributed by atoms with Crippen LogP contribution in [-0.2, 0) is 6.54 Å². The van der Waals surface area contributed by atoms with E-state index >= 15 is 0 Å². The number of aromatic hydroxyl groups is 1. The largest absolute Gasteiger partial charge is 0.505 e. The molecule has 7 heteroatoms. The van der Waals surface area contributed by atoms with E-state index in [4.69, 9.17) is 34.8 Å². The monoisotopic (exact) mass is 398 g/mol. The number of amides is 1. The molecule has 0 aliphatic carbocycles. The number of hydrogen-bond acceptors (Lipinski definition) is 3. The fourth-order valence-electron chi connectivity index (χ4n) is 2.89. The Morgan fingerprint density at radius 2 is 1.64 bits per heavy atom. The number of carbonyl (C=O) groups excluding carboxylic acids is 1. The average Bonchev–Trinajstić information content (AvgIpc) is 2.62. The molecule has 3 rings (SSSR count). The quantitative estimate of drug-likeness (QED) is 0.782. The van der Waals surface area contributed by atoms with Crippen LogP contribution in [0.1, 0.15) is 15.9 Å². The van der Waals surface area contributed by atoms with Crippen molar-refractivity contribution in [2.45, 2.75) is 6.54 Å². The number of hydrogen-bond donors (Lipinski definition) is 1. The standard InChI is InChI=1S/C18H17Cl3N2O2/c19-13-10-14(20)17(24)15(16(13)21)18(25)23-8-6-22(7-9-23)11-12-4-2-1-3-5-12/h1-5,10,24H,6-9,11H2. The van der Waals surface area contributed by atoms with E-state index in [0.717, 1.165) is 19.6 Å². The van der Waals surface area contributed by atoms with Gasteiger partial charge in [-0.15, -0.1) is 0 Å². The van der Waals surface area contributed by atoms with Crippen molar-refractivity contribution in [2.75, 3.05) is 26.2 Å². The molecular weight excluding hydrogens is 383 g/mol. The van der Waals surface area contributed by atoms with Crippen molar-refractivity contribution < 1.29 is 9.90 Å². The number of nitrogens with zero attached hydrogens (tertiary/aromatic N) is 2. The molecule has 1 amide bonds. The average molecular weight is 400 g/mol. The third-order valence-electron chi connectivity index (χ3n) is 4.27. The second-order valence-corrected chi connectivity index (χ2v) is 7.12. The van der Waals surface area contributed by atoms with Gasteiger partial charge in [0.15, 0.2) is 0 Å². The lowest BCUT2D eigenvalue weighted by Gasteiger charge is -2.35. The zero-order valence-corrected chi connectivity index (χ0v) is 15.7. The number of rotatable bonds is 3. The summed E-state index contributed by atoms with van der Waals surface area (Å²) in [6.45, 7) is 3.43. The van der Waals surface area contributed by atoms with Gasteiger partial charge < -0.3 is 10.0 Å². The van der Waals surface area contributed by atoms with Crippen molar-refractivity contribution in [1.29, 1.82) is 0 Å². The van der Waals surface area contributed by atoms with Gasteiger partial charge in [-0.25, -0.2) is 0 Å². The highest BCUT2D eigenvalue weighted by atomic mass is 35.5. The summed E-state index contributed by atoms with van der Waals surface area (Å²) in [5.74, 6) is -0.681. The number of piperazine rings is 1. The molecule has 4 nitrogen and oxygen atoms in total. The van der Waals surface area contributed by atoms with Gasteiger partial charge in [0.25, 0.3) is 5.91 Å². The minimum Gasteiger partial charge on any atom is -0.505 e. The van der Waals surface area contributed by atoms with Gasteiger partial charge in [-0.2, -0.15) is 0 Å². The van der Waals surface area contributed by atoms with E-state index in [0.29, 0.717) is 13.1 Å². The first-order valence-corrected chi connectivity index (χ1v) is 9.02. The van der Waals surface area contributed by atoms with E-state index in [1.807, 2.05) is 18.2 Å². The Morgan fingerprint density at radius 1 is 1.00 bits per heavy atom. The zero-order chi connectivity index (χ0) is 18.0. The summed E-state index contributed by atoms with van der Waals surface area (Å²) in [5.41, 5.74) is 1.21. The molecule has 0 atom stereocenters. The molecule has 2 aromatic carbocycles. The van der Waals surface area contributed by atoms with Crippen LogP contribution in [0.4, 0.5) is 0 Å². The van der Waals surface area contributed by atoms with Crippen LogP contribution >= 0.6 is 34.8 Å². The maximum Gasteiger partial charge on any atom is 0.259 e. The van der Waals surface area contributed by atoms with Crippen LogP contribution in [0.5, 0.6) is 5.75 Å². The molecule has 1 heterocycles. The van der Waals surface area contributed by atoms with E-state index < -0.39 is 0 Å². The first kappa shape index (κ1) is 18.3. The van der Waals surface area contributed by atoms with Gasteiger partial charge in [0, 0.05) is 32.7 Å². The molecule has 0 spiro atoms. The van der Waals surface area contributed by atoms with Crippen molar-refractivity contribution >= 4 is 40.7 Å². The fourth-order valence-corrected chi connectivity index (χ4v) is 3.58. The SMILES string of the molecule is O=C(c1c(O)c(Cl)cc(Cl)c1Cl)N1CCN(Cc2ccccc2)CC1. The van der Waals surface area contributed by atoms with Crippen LogP contribution in [0.15, 0.2) is 36.4 Å². The van der Waals surface area contributed by atoms with Crippen LogP contribution in [0, 0.1) is 0 Å². The van der Waals surface area contributed by atoms with Gasteiger partial charge >= 0.3 is 0 Å². The first-order chi connectivity index (χ1) is 12.0. The lowest BCUT2D eigenvalue weighted by atomic mass is 10.1. The van der Waals surface area contributed by atoms with Crippen molar-refractivity contribution in [3.8, 4) is 5.75 Å². The normalized spacial score (nSPS) is 15.4. The summed E-state index contributed by atoms with van der Waals surface area (Å²) in [6, 6.07) is 11.5. The third kappa shape index (κ3) is 4.04. The smallest absolute Gasteiger partial charge is 0.259 e. The van der Waals surface area contributed by atoms with Gasteiger partial charge in [0.2, 0.25) is 0 Å². The minimum atomic E-state index is -0.355. The second kappa shape index (κ2) is 7.83. The number of benzene rings is 2. The molecule has 0 bridgehead atoms. The summed E-state index contributed by atoms with van der Waals surface area (Å²) < 4.78 is 0. The van der Waals surface area contributed by atoms with Gasteiger partial charge in [0.05, 0.1) is 15.1 Å². The van der Waals surface area contributed by atoms with Gasteiger partial charge in [0.1, 0.15) is 11.3 Å². The molecule has 0 aromatic heterocycles. The van der Waals surface area contributed by atoms with E-state index in [1.165, 1.54) is 11.6 Å². The molecule has 0 radical (unpaired) electrons. The fraction of sp³-hybridized carbons (Fsp3) is 0.278. The summed E-state index contributed by atoms with van der Waals surface area (Å²) >= 11 is 18.0. The first-order valence-electron chi connectivity index (χ1n) is 7.89. The molecule has 1 aliphatic rings. The number of carbonyl (C=O) groups is 1. The van der Waals surface area contributed by atoms with Crippen LogP contribution in [0.25, 0.3) is 0 Å². The van der Waals surface area contributed by atoms with Crippen molar-refractivity contribution in [3.05, 3.63) is 62.6 Å². The highest BCUT2D eigenvalue weighted by Gasteiger charge is 2.28. The molecule has 0 unspecified atom stereocenters. The third-order valence-corrected chi connectivity index (χ3v) is 5.34. The zero-order valence-electron chi connectivity index (χ0n) is 13.4. The molecule has 2 aromatic rings. The lowest BCUT2D eigenvalue weighted by Crippen LogP contribution is -2.48. The number of phenols is 1.